The van der Waals surface area contributed by atoms with Gasteiger partial charge in [-0.05, 0) is 46.2 Å². The highest BCUT2D eigenvalue weighted by Gasteiger charge is 2.53. The van der Waals surface area contributed by atoms with Crippen molar-refractivity contribution in [3.63, 3.8) is 0 Å². The van der Waals surface area contributed by atoms with Crippen LogP contribution in [0.2, 0.25) is 0 Å². The number of hydrogen-bond acceptors (Lipinski definition) is 0. The summed E-state index contributed by atoms with van der Waals surface area (Å²) in [6.45, 7) is 1.63. The Morgan fingerprint density at radius 2 is 1.12 bits per heavy atom. The zero-order valence-corrected chi connectivity index (χ0v) is 18.3. The van der Waals surface area contributed by atoms with Gasteiger partial charge in [0.15, 0.2) is 23.7 Å². The van der Waals surface area contributed by atoms with E-state index in [-0.39, 0.29) is 18.2 Å². The lowest BCUT2D eigenvalue weighted by Gasteiger charge is -2.32. The van der Waals surface area contributed by atoms with Gasteiger partial charge in [-0.1, -0.05) is 0 Å². The van der Waals surface area contributed by atoms with E-state index in [1.165, 1.54) is 0 Å². The van der Waals surface area contributed by atoms with E-state index >= 15 is 0 Å². The van der Waals surface area contributed by atoms with Gasteiger partial charge in [0.1, 0.15) is 40.8 Å². The minimum Gasteiger partial charge on any atom is -0.236 e. The highest BCUT2D eigenvalue weighted by Crippen LogP contribution is 2.45. The lowest BCUT2D eigenvalue weighted by molar-refractivity contribution is 0.113. The molecule has 0 fully saturated rings. The quantitative estimate of drug-likeness (QED) is 0.327. The van der Waals surface area contributed by atoms with Crippen LogP contribution in [-0.2, 0) is 0 Å². The molecule has 0 saturated carbocycles. The number of alkyl halides is 4. The molecule has 4 unspecified atom stereocenters. The average Bonchev–Trinajstić information content (AvgIpc) is 2.68. The first-order valence-electron chi connectivity index (χ1n) is 9.39. The Balaban J connectivity index is 2.46. The van der Waals surface area contributed by atoms with Crippen molar-refractivity contribution in [1.29, 1.82) is 0 Å². The smallest absolute Gasteiger partial charge is 0.236 e. The first kappa shape index (κ1) is 25.6. The normalized spacial score (nSPS) is 30.5. The van der Waals surface area contributed by atoms with Gasteiger partial charge in [0.05, 0.1) is 0 Å². The van der Waals surface area contributed by atoms with E-state index in [4.69, 9.17) is 0 Å². The molecule has 4 atom stereocenters. The van der Waals surface area contributed by atoms with Gasteiger partial charge in [-0.25, -0.2) is 48.3 Å². The van der Waals surface area contributed by atoms with E-state index < -0.39 is 97.4 Å². The van der Waals surface area contributed by atoms with Crippen molar-refractivity contribution in [2.75, 3.05) is 0 Å². The second-order valence-corrected chi connectivity index (χ2v) is 10.8. The van der Waals surface area contributed by atoms with Crippen molar-refractivity contribution in [3.8, 4) is 0 Å². The molecule has 0 heterocycles. The molecule has 33 heavy (non-hydrogen) atoms. The van der Waals surface area contributed by atoms with Crippen LogP contribution in [0.4, 0.5) is 48.3 Å². The first-order chi connectivity index (χ1) is 15.0. The van der Waals surface area contributed by atoms with Crippen LogP contribution in [0.1, 0.15) is 19.4 Å². The number of rotatable bonds is 3. The zero-order chi connectivity index (χ0) is 25.2. The molecule has 0 saturated heterocycles. The van der Waals surface area contributed by atoms with Crippen molar-refractivity contribution in [2.45, 2.75) is 44.5 Å². The van der Waals surface area contributed by atoms with Crippen LogP contribution in [0.5, 0.6) is 0 Å². The molecule has 3 rings (SSSR count). The zero-order valence-electron chi connectivity index (χ0n) is 17.1. The highest BCUT2D eigenvalue weighted by atomic mass is 27.2. The summed E-state index contributed by atoms with van der Waals surface area (Å²) in [6.07, 6.45) is -6.70. The first-order valence-corrected chi connectivity index (χ1v) is 11.1. The summed E-state index contributed by atoms with van der Waals surface area (Å²) >= 11 is -4.91. The molecule has 0 N–H and O–H groups in total. The van der Waals surface area contributed by atoms with Crippen molar-refractivity contribution < 1.29 is 48.3 Å². The standard InChI is InChI=1S/2C7H5F4.C7H4F3.Al/c2*1-7(11)3-4(8)2-5(9)6(7)10;1-4-6(9)2-5(8)3-7(4)10;/h2*3,6H,1H3;2H,1H3;. The average molecular weight is 502 g/mol. The summed E-state index contributed by atoms with van der Waals surface area (Å²) in [5, 5.41) is 0. The Morgan fingerprint density at radius 3 is 1.52 bits per heavy atom. The van der Waals surface area contributed by atoms with E-state index in [2.05, 4.69) is 0 Å². The van der Waals surface area contributed by atoms with E-state index in [1.54, 1.807) is 0 Å². The summed E-state index contributed by atoms with van der Waals surface area (Å²) in [4.78, 5) is 0. The highest BCUT2D eigenvalue weighted by molar-refractivity contribution is 6.87. The summed E-state index contributed by atoms with van der Waals surface area (Å²) in [7, 11) is 0. The van der Waals surface area contributed by atoms with Gasteiger partial charge >= 0.3 is 14.1 Å². The molecular weight excluding hydrogens is 488 g/mol. The molecular formula is C21H14AlF11. The van der Waals surface area contributed by atoms with Gasteiger partial charge in [0.2, 0.25) is 0 Å². The summed E-state index contributed by atoms with van der Waals surface area (Å²) < 4.78 is 155. The molecule has 178 valence electrons. The van der Waals surface area contributed by atoms with Gasteiger partial charge in [-0.3, -0.25) is 0 Å². The summed E-state index contributed by atoms with van der Waals surface area (Å²) in [5.74, 6) is -13.6. The maximum Gasteiger partial charge on any atom is 0.411 e. The largest absolute Gasteiger partial charge is 0.411 e. The van der Waals surface area contributed by atoms with Gasteiger partial charge < -0.3 is 0 Å². The fraction of sp³-hybridized carbons (Fsp3) is 0.333. The minimum absolute atomic E-state index is 0.0535. The molecule has 0 aromatic heterocycles. The van der Waals surface area contributed by atoms with Crippen LogP contribution in [-0.4, -0.2) is 37.8 Å². The van der Waals surface area contributed by atoms with Crippen LogP contribution >= 0.6 is 0 Å². The molecule has 2 aliphatic rings. The van der Waals surface area contributed by atoms with Crippen molar-refractivity contribution in [1.82, 2.24) is 0 Å². The molecule has 0 radical (unpaired) electrons. The predicted octanol–water partition coefficient (Wildman–Crippen LogP) is 6.51. The number of benzene rings is 1. The maximum atomic E-state index is 14.9. The van der Waals surface area contributed by atoms with E-state index in [0.29, 0.717) is 13.8 Å². The summed E-state index contributed by atoms with van der Waals surface area (Å²) in [6, 6.07) is 0.0535. The lowest BCUT2D eigenvalue weighted by atomic mass is 9.95. The van der Waals surface area contributed by atoms with Gasteiger partial charge in [0, 0.05) is 11.6 Å². The molecule has 0 nitrogen and oxygen atoms in total. The number of hydrogen-bond donors (Lipinski definition) is 0. The number of halogens is 11. The predicted molar refractivity (Wildman–Crippen MR) is 99.9 cm³/mol. The second kappa shape index (κ2) is 8.31. The third-order valence-electron chi connectivity index (χ3n) is 5.58. The molecule has 12 heteroatoms. The Hall–Kier alpha value is -2.06. The van der Waals surface area contributed by atoms with Crippen LogP contribution in [0.25, 0.3) is 0 Å². The third kappa shape index (κ3) is 4.05. The maximum absolute atomic E-state index is 14.9. The SMILES string of the molecule is Cc1c(F)cc(F)[c]([Al]([C]2=C(F)C(F)C(C)(F)C=C2F)[C]2=C(F)C(F)C(C)(F)C=C2F)c1F. The van der Waals surface area contributed by atoms with E-state index in [1.807, 2.05) is 0 Å². The van der Waals surface area contributed by atoms with Crippen molar-refractivity contribution >= 4 is 18.6 Å². The van der Waals surface area contributed by atoms with Crippen LogP contribution in [0.3, 0.4) is 0 Å². The fourth-order valence-electron chi connectivity index (χ4n) is 3.75. The Kier molecular flexibility index (Phi) is 6.44. The Labute approximate surface area is 185 Å². The molecule has 1 aromatic carbocycles. The van der Waals surface area contributed by atoms with Crippen LogP contribution in [0.15, 0.2) is 50.4 Å². The fourth-order valence-corrected chi connectivity index (χ4v) is 7.01. The van der Waals surface area contributed by atoms with Crippen LogP contribution in [0, 0.1) is 24.4 Å². The van der Waals surface area contributed by atoms with Gasteiger partial charge in [0.25, 0.3) is 0 Å². The molecule has 0 bridgehead atoms. The molecule has 2 aliphatic carbocycles. The van der Waals surface area contributed by atoms with Crippen LogP contribution < -0.4 is 4.43 Å². The van der Waals surface area contributed by atoms with Crippen molar-refractivity contribution in [3.05, 3.63) is 73.4 Å². The molecule has 0 amide bonds. The van der Waals surface area contributed by atoms with Crippen molar-refractivity contribution in [2.24, 2.45) is 0 Å². The molecule has 0 aliphatic heterocycles. The minimum atomic E-state index is -4.91. The van der Waals surface area contributed by atoms with E-state index in [0.717, 1.165) is 6.92 Å². The second-order valence-electron chi connectivity index (χ2n) is 8.16. The third-order valence-corrected chi connectivity index (χ3v) is 8.95. The monoisotopic (exact) mass is 502 g/mol. The topological polar surface area (TPSA) is 0 Å². The number of allylic oxidation sites excluding steroid dienone is 8. The Morgan fingerprint density at radius 1 is 0.727 bits per heavy atom. The van der Waals surface area contributed by atoms with E-state index in [9.17, 15) is 48.3 Å². The van der Waals surface area contributed by atoms with Gasteiger partial charge in [-0.15, -0.1) is 0 Å². The Bertz CT molecular complexity index is 1090. The molecule has 1 aromatic rings. The molecule has 0 spiro atoms. The summed E-state index contributed by atoms with van der Waals surface area (Å²) in [5.41, 5.74) is -7.48. The lowest BCUT2D eigenvalue weighted by Crippen LogP contribution is -2.47. The van der Waals surface area contributed by atoms with Gasteiger partial charge in [-0.2, -0.15) is 0 Å².